The minimum absolute atomic E-state index is 0.0471. The van der Waals surface area contributed by atoms with Gasteiger partial charge in [0, 0.05) is 30.4 Å². The maximum Gasteiger partial charge on any atom is 0.253 e. The number of amides is 2. The van der Waals surface area contributed by atoms with Crippen LogP contribution in [0.1, 0.15) is 42.6 Å². The van der Waals surface area contributed by atoms with Crippen LogP contribution in [0.2, 0.25) is 0 Å². The summed E-state index contributed by atoms with van der Waals surface area (Å²) in [6, 6.07) is 12.6. The number of hydrogen-bond acceptors (Lipinski definition) is 4. The Morgan fingerprint density at radius 3 is 2.30 bits per heavy atom. The molecule has 0 unspecified atom stereocenters. The van der Waals surface area contributed by atoms with Crippen molar-refractivity contribution in [3.05, 3.63) is 59.7 Å². The molecule has 0 atom stereocenters. The van der Waals surface area contributed by atoms with Gasteiger partial charge in [-0.05, 0) is 74.7 Å². The molecule has 0 spiro atoms. The second kappa shape index (κ2) is 10.5. The highest BCUT2D eigenvalue weighted by Gasteiger charge is 2.19. The van der Waals surface area contributed by atoms with Crippen molar-refractivity contribution >= 4 is 23.6 Å². The summed E-state index contributed by atoms with van der Waals surface area (Å²) in [7, 11) is 0. The molecule has 158 valence electrons. The van der Waals surface area contributed by atoms with Crippen LogP contribution in [0.25, 0.3) is 6.08 Å². The highest BCUT2D eigenvalue weighted by Crippen LogP contribution is 2.29. The first-order chi connectivity index (χ1) is 14.6. The van der Waals surface area contributed by atoms with Gasteiger partial charge in [0.1, 0.15) is 0 Å². The zero-order chi connectivity index (χ0) is 21.3. The lowest BCUT2D eigenvalue weighted by atomic mass is 10.1. The molecule has 1 N–H and O–H groups in total. The summed E-state index contributed by atoms with van der Waals surface area (Å²) in [4.78, 5) is 26.5. The van der Waals surface area contributed by atoms with Gasteiger partial charge in [0.15, 0.2) is 11.5 Å². The van der Waals surface area contributed by atoms with Crippen molar-refractivity contribution in [3.63, 3.8) is 0 Å². The maximum absolute atomic E-state index is 12.4. The molecule has 2 aromatic rings. The lowest BCUT2D eigenvalue weighted by Gasteiger charge is -2.15. The SMILES string of the molecule is CCOc1ccc(/C=C/C(=O)Nc2ccc(C(=O)N3CCCC3)cc2)cc1OCC. The fourth-order valence-corrected chi connectivity index (χ4v) is 3.33. The predicted octanol–water partition coefficient (Wildman–Crippen LogP) is 4.37. The third-order valence-corrected chi connectivity index (χ3v) is 4.79. The Balaban J connectivity index is 1.60. The summed E-state index contributed by atoms with van der Waals surface area (Å²) in [6.45, 7) is 6.56. The monoisotopic (exact) mass is 408 g/mol. The number of nitrogens with zero attached hydrogens (tertiary/aromatic N) is 1. The van der Waals surface area contributed by atoms with E-state index in [2.05, 4.69) is 5.32 Å². The molecule has 1 saturated heterocycles. The Bertz CT molecular complexity index is 900. The van der Waals surface area contributed by atoms with Gasteiger partial charge in [0.05, 0.1) is 13.2 Å². The average molecular weight is 408 g/mol. The molecule has 0 aliphatic carbocycles. The van der Waals surface area contributed by atoms with E-state index in [4.69, 9.17) is 9.47 Å². The van der Waals surface area contributed by atoms with Gasteiger partial charge >= 0.3 is 0 Å². The van der Waals surface area contributed by atoms with Gasteiger partial charge in [0.25, 0.3) is 5.91 Å². The van der Waals surface area contributed by atoms with Crippen LogP contribution in [0.15, 0.2) is 48.5 Å². The Morgan fingerprint density at radius 1 is 0.967 bits per heavy atom. The molecular formula is C24H28N2O4. The summed E-state index contributed by atoms with van der Waals surface area (Å²) in [5.41, 5.74) is 2.12. The highest BCUT2D eigenvalue weighted by molar-refractivity contribution is 6.02. The van der Waals surface area contributed by atoms with Crippen molar-refractivity contribution in [2.24, 2.45) is 0 Å². The lowest BCUT2D eigenvalue weighted by Crippen LogP contribution is -2.27. The highest BCUT2D eigenvalue weighted by atomic mass is 16.5. The van der Waals surface area contributed by atoms with Crippen LogP contribution in [0.5, 0.6) is 11.5 Å². The van der Waals surface area contributed by atoms with E-state index in [1.54, 1.807) is 30.3 Å². The van der Waals surface area contributed by atoms with E-state index < -0.39 is 0 Å². The van der Waals surface area contributed by atoms with Crippen LogP contribution in [0, 0.1) is 0 Å². The van der Waals surface area contributed by atoms with E-state index in [0.717, 1.165) is 31.5 Å². The summed E-state index contributed by atoms with van der Waals surface area (Å²) in [5.74, 6) is 1.14. The number of anilines is 1. The molecule has 0 saturated carbocycles. The largest absolute Gasteiger partial charge is 0.490 e. The summed E-state index contributed by atoms with van der Waals surface area (Å²) in [5, 5.41) is 2.81. The van der Waals surface area contributed by atoms with Crippen molar-refractivity contribution in [1.29, 1.82) is 0 Å². The van der Waals surface area contributed by atoms with E-state index in [-0.39, 0.29) is 11.8 Å². The third kappa shape index (κ3) is 5.63. The van der Waals surface area contributed by atoms with Crippen LogP contribution >= 0.6 is 0 Å². The quantitative estimate of drug-likeness (QED) is 0.659. The molecule has 1 aliphatic heterocycles. The fourth-order valence-electron chi connectivity index (χ4n) is 3.33. The molecule has 1 heterocycles. The number of nitrogens with one attached hydrogen (secondary N) is 1. The van der Waals surface area contributed by atoms with E-state index in [0.29, 0.717) is 36.0 Å². The zero-order valence-electron chi connectivity index (χ0n) is 17.5. The number of ether oxygens (including phenoxy) is 2. The van der Waals surface area contributed by atoms with Crippen molar-refractivity contribution < 1.29 is 19.1 Å². The van der Waals surface area contributed by atoms with Gasteiger partial charge < -0.3 is 19.7 Å². The number of benzene rings is 2. The number of carbonyl (C=O) groups is 2. The summed E-state index contributed by atoms with van der Waals surface area (Å²) >= 11 is 0. The number of hydrogen-bond donors (Lipinski definition) is 1. The van der Waals surface area contributed by atoms with Gasteiger partial charge in [0.2, 0.25) is 5.91 Å². The van der Waals surface area contributed by atoms with Gasteiger partial charge in [-0.1, -0.05) is 6.07 Å². The zero-order valence-corrected chi connectivity index (χ0v) is 17.5. The Labute approximate surface area is 177 Å². The molecule has 3 rings (SSSR count). The van der Waals surface area contributed by atoms with Crippen LogP contribution in [-0.2, 0) is 4.79 Å². The molecule has 0 bridgehead atoms. The van der Waals surface area contributed by atoms with Gasteiger partial charge in [-0.15, -0.1) is 0 Å². The van der Waals surface area contributed by atoms with Gasteiger partial charge in [-0.2, -0.15) is 0 Å². The van der Waals surface area contributed by atoms with Crippen LogP contribution < -0.4 is 14.8 Å². The Morgan fingerprint density at radius 2 is 1.63 bits per heavy atom. The first kappa shape index (κ1) is 21.4. The van der Waals surface area contributed by atoms with Crippen LogP contribution in [0.4, 0.5) is 5.69 Å². The molecule has 1 aliphatic rings. The lowest BCUT2D eigenvalue weighted by molar-refractivity contribution is -0.111. The maximum atomic E-state index is 12.4. The third-order valence-electron chi connectivity index (χ3n) is 4.79. The number of likely N-dealkylation sites (tertiary alicyclic amines) is 1. The predicted molar refractivity (Wildman–Crippen MR) is 118 cm³/mol. The molecule has 0 radical (unpaired) electrons. The molecule has 2 aromatic carbocycles. The Hall–Kier alpha value is -3.28. The molecule has 2 amide bonds. The fraction of sp³-hybridized carbons (Fsp3) is 0.333. The normalized spacial score (nSPS) is 13.5. The topological polar surface area (TPSA) is 67.9 Å². The Kier molecular flexibility index (Phi) is 7.49. The molecular weight excluding hydrogens is 380 g/mol. The second-order valence-corrected chi connectivity index (χ2v) is 6.97. The molecule has 30 heavy (non-hydrogen) atoms. The van der Waals surface area contributed by atoms with Gasteiger partial charge in [-0.3, -0.25) is 9.59 Å². The van der Waals surface area contributed by atoms with Crippen molar-refractivity contribution in [2.75, 3.05) is 31.6 Å². The minimum atomic E-state index is -0.250. The molecule has 6 nitrogen and oxygen atoms in total. The average Bonchev–Trinajstić information content (AvgIpc) is 3.29. The number of carbonyl (C=O) groups excluding carboxylic acids is 2. The van der Waals surface area contributed by atoms with Crippen molar-refractivity contribution in [1.82, 2.24) is 4.90 Å². The van der Waals surface area contributed by atoms with E-state index in [9.17, 15) is 9.59 Å². The smallest absolute Gasteiger partial charge is 0.253 e. The van der Waals surface area contributed by atoms with E-state index in [1.807, 2.05) is 36.9 Å². The first-order valence-corrected chi connectivity index (χ1v) is 10.4. The summed E-state index contributed by atoms with van der Waals surface area (Å²) < 4.78 is 11.2. The second-order valence-electron chi connectivity index (χ2n) is 6.97. The molecule has 6 heteroatoms. The number of rotatable bonds is 8. The van der Waals surface area contributed by atoms with Crippen molar-refractivity contribution in [3.8, 4) is 11.5 Å². The molecule has 1 fully saturated rings. The van der Waals surface area contributed by atoms with E-state index in [1.165, 1.54) is 6.08 Å². The first-order valence-electron chi connectivity index (χ1n) is 10.4. The van der Waals surface area contributed by atoms with Crippen LogP contribution in [0.3, 0.4) is 0 Å². The van der Waals surface area contributed by atoms with Crippen LogP contribution in [-0.4, -0.2) is 43.0 Å². The minimum Gasteiger partial charge on any atom is -0.490 e. The molecule has 0 aromatic heterocycles. The summed E-state index contributed by atoms with van der Waals surface area (Å²) in [6.07, 6.45) is 5.31. The van der Waals surface area contributed by atoms with E-state index >= 15 is 0 Å². The van der Waals surface area contributed by atoms with Gasteiger partial charge in [-0.25, -0.2) is 0 Å². The standard InChI is InChI=1S/C24H28N2O4/c1-3-29-21-13-7-18(17-22(21)30-4-2)8-14-23(27)25-20-11-9-19(10-12-20)24(28)26-15-5-6-16-26/h7-14,17H,3-6,15-16H2,1-2H3,(H,25,27)/b14-8+. The van der Waals surface area contributed by atoms with Crippen molar-refractivity contribution in [2.45, 2.75) is 26.7 Å².